The monoisotopic (exact) mass is 292 g/mol. The molecule has 2 aromatic rings. The van der Waals surface area contributed by atoms with Gasteiger partial charge in [-0.25, -0.2) is 4.98 Å². The topological polar surface area (TPSA) is 42.0 Å². The second kappa shape index (κ2) is 5.39. The summed E-state index contributed by atoms with van der Waals surface area (Å²) in [5.74, 6) is 2.04. The number of rotatable bonds is 2. The van der Waals surface area contributed by atoms with Crippen molar-refractivity contribution >= 4 is 40.2 Å². The van der Waals surface area contributed by atoms with E-state index < -0.39 is 0 Å². The summed E-state index contributed by atoms with van der Waals surface area (Å²) in [4.78, 5) is 16.6. The van der Waals surface area contributed by atoms with Crippen molar-refractivity contribution in [2.45, 2.75) is 12.5 Å². The third kappa shape index (κ3) is 2.69. The van der Waals surface area contributed by atoms with E-state index in [-0.39, 0.29) is 11.9 Å². The zero-order valence-corrected chi connectivity index (χ0v) is 11.8. The van der Waals surface area contributed by atoms with Crippen molar-refractivity contribution in [2.75, 3.05) is 11.5 Å². The lowest BCUT2D eigenvalue weighted by atomic mass is 10.1. The molecule has 1 fully saturated rings. The number of nitrogens with one attached hydrogen (secondary N) is 1. The summed E-state index contributed by atoms with van der Waals surface area (Å²) in [5, 5.41) is 4.26. The van der Waals surface area contributed by atoms with E-state index in [1.165, 1.54) is 0 Å². The van der Waals surface area contributed by atoms with Crippen LogP contribution in [0.25, 0.3) is 10.9 Å². The molecule has 1 aliphatic rings. The summed E-state index contributed by atoms with van der Waals surface area (Å²) in [6, 6.07) is 9.46. The fourth-order valence-electron chi connectivity index (χ4n) is 2.24. The molecule has 1 atom stereocenters. The van der Waals surface area contributed by atoms with Crippen molar-refractivity contribution in [3.63, 3.8) is 0 Å². The van der Waals surface area contributed by atoms with Crippen LogP contribution in [0.5, 0.6) is 0 Å². The van der Waals surface area contributed by atoms with Crippen LogP contribution in [0.3, 0.4) is 0 Å². The Morgan fingerprint density at radius 2 is 2.26 bits per heavy atom. The fraction of sp³-hybridized carbons (Fsp3) is 0.286. The summed E-state index contributed by atoms with van der Waals surface area (Å²) in [6.07, 6.45) is 1.03. The Bertz CT molecular complexity index is 626. The number of benzene rings is 1. The van der Waals surface area contributed by atoms with Gasteiger partial charge in [-0.2, -0.15) is 11.8 Å². The number of thioether (sulfide) groups is 1. The van der Waals surface area contributed by atoms with Crippen molar-refractivity contribution < 1.29 is 4.79 Å². The fourth-order valence-corrected chi connectivity index (χ4v) is 3.59. The molecule has 1 saturated heterocycles. The van der Waals surface area contributed by atoms with Crippen LogP contribution < -0.4 is 5.32 Å². The van der Waals surface area contributed by atoms with Crippen LogP contribution in [-0.4, -0.2) is 28.4 Å². The predicted octanol–water partition coefficient (Wildman–Crippen LogP) is 3.12. The summed E-state index contributed by atoms with van der Waals surface area (Å²) in [5.41, 5.74) is 1.36. The molecule has 0 bridgehead atoms. The molecule has 98 valence electrons. The molecular formula is C14H13ClN2OS. The highest BCUT2D eigenvalue weighted by molar-refractivity contribution is 7.99. The van der Waals surface area contributed by atoms with Gasteiger partial charge in [0.2, 0.25) is 0 Å². The first kappa shape index (κ1) is 12.8. The number of carbonyl (C=O) groups is 1. The zero-order chi connectivity index (χ0) is 13.2. The predicted molar refractivity (Wildman–Crippen MR) is 79.9 cm³/mol. The lowest BCUT2D eigenvalue weighted by molar-refractivity contribution is 0.0943. The highest BCUT2D eigenvalue weighted by Crippen LogP contribution is 2.22. The minimum atomic E-state index is -0.0620. The van der Waals surface area contributed by atoms with Gasteiger partial charge in [0.05, 0.1) is 11.1 Å². The van der Waals surface area contributed by atoms with Gasteiger partial charge in [-0.3, -0.25) is 4.79 Å². The SMILES string of the molecule is O=C(NC1CCSC1)c1cc(Cl)nc2ccccc12. The Labute approximate surface area is 120 Å². The number of amides is 1. The molecule has 0 aliphatic carbocycles. The maximum absolute atomic E-state index is 12.4. The Morgan fingerprint density at radius 3 is 3.05 bits per heavy atom. The van der Waals surface area contributed by atoms with Gasteiger partial charge in [0.25, 0.3) is 5.91 Å². The highest BCUT2D eigenvalue weighted by atomic mass is 35.5. The van der Waals surface area contributed by atoms with E-state index in [1.54, 1.807) is 6.07 Å². The van der Waals surface area contributed by atoms with E-state index in [1.807, 2.05) is 36.0 Å². The van der Waals surface area contributed by atoms with Crippen LogP contribution >= 0.6 is 23.4 Å². The van der Waals surface area contributed by atoms with Gasteiger partial charge in [0.1, 0.15) is 5.15 Å². The Kier molecular flexibility index (Phi) is 3.62. The molecule has 1 aromatic heterocycles. The number of aromatic nitrogens is 1. The molecule has 3 nitrogen and oxygen atoms in total. The van der Waals surface area contributed by atoms with Gasteiger partial charge < -0.3 is 5.32 Å². The molecule has 2 heterocycles. The number of halogens is 1. The molecule has 0 radical (unpaired) electrons. The van der Waals surface area contributed by atoms with Crippen LogP contribution in [0.15, 0.2) is 30.3 Å². The normalized spacial score (nSPS) is 18.7. The van der Waals surface area contributed by atoms with Crippen LogP contribution in [-0.2, 0) is 0 Å². The maximum atomic E-state index is 12.4. The van der Waals surface area contributed by atoms with Gasteiger partial charge in [0, 0.05) is 17.2 Å². The third-order valence-electron chi connectivity index (χ3n) is 3.19. The first-order valence-corrected chi connectivity index (χ1v) is 7.71. The van der Waals surface area contributed by atoms with Gasteiger partial charge in [-0.1, -0.05) is 29.8 Å². The van der Waals surface area contributed by atoms with E-state index >= 15 is 0 Å². The first-order chi connectivity index (χ1) is 9.24. The standard InChI is InChI=1S/C14H13ClN2OS/c15-13-7-11(10-3-1-2-4-12(10)17-13)14(18)16-9-5-6-19-8-9/h1-4,7,9H,5-6,8H2,(H,16,18). The lowest BCUT2D eigenvalue weighted by Crippen LogP contribution is -2.34. The summed E-state index contributed by atoms with van der Waals surface area (Å²) >= 11 is 7.86. The van der Waals surface area contributed by atoms with Gasteiger partial charge in [-0.05, 0) is 24.3 Å². The second-order valence-electron chi connectivity index (χ2n) is 4.54. The second-order valence-corrected chi connectivity index (χ2v) is 6.08. The summed E-state index contributed by atoms with van der Waals surface area (Å²) in [7, 11) is 0. The average Bonchev–Trinajstić information content (AvgIpc) is 2.90. The molecule has 1 aliphatic heterocycles. The minimum Gasteiger partial charge on any atom is -0.348 e. The van der Waals surface area contributed by atoms with Crippen LogP contribution in [0.2, 0.25) is 5.15 Å². The van der Waals surface area contributed by atoms with Crippen LogP contribution in [0.1, 0.15) is 16.8 Å². The number of pyridine rings is 1. The van der Waals surface area contributed by atoms with E-state index in [0.717, 1.165) is 28.8 Å². The summed E-state index contributed by atoms with van der Waals surface area (Å²) in [6.45, 7) is 0. The Balaban J connectivity index is 1.96. The molecule has 19 heavy (non-hydrogen) atoms. The molecule has 5 heteroatoms. The van der Waals surface area contributed by atoms with Gasteiger partial charge in [-0.15, -0.1) is 0 Å². The lowest BCUT2D eigenvalue weighted by Gasteiger charge is -2.12. The number of para-hydroxylation sites is 1. The maximum Gasteiger partial charge on any atom is 0.252 e. The zero-order valence-electron chi connectivity index (χ0n) is 10.2. The number of fused-ring (bicyclic) bond motifs is 1. The minimum absolute atomic E-state index is 0.0620. The van der Waals surface area contributed by atoms with Gasteiger partial charge >= 0.3 is 0 Å². The van der Waals surface area contributed by atoms with Crippen LogP contribution in [0.4, 0.5) is 0 Å². The molecular weight excluding hydrogens is 280 g/mol. The largest absolute Gasteiger partial charge is 0.348 e. The van der Waals surface area contributed by atoms with Crippen molar-refractivity contribution in [2.24, 2.45) is 0 Å². The van der Waals surface area contributed by atoms with Crippen molar-refractivity contribution in [3.8, 4) is 0 Å². The van der Waals surface area contributed by atoms with Crippen LogP contribution in [0, 0.1) is 0 Å². The van der Waals surface area contributed by atoms with E-state index in [2.05, 4.69) is 10.3 Å². The molecule has 1 aromatic carbocycles. The molecule has 1 N–H and O–H groups in total. The Morgan fingerprint density at radius 1 is 1.42 bits per heavy atom. The molecule has 1 amide bonds. The summed E-state index contributed by atoms with van der Waals surface area (Å²) < 4.78 is 0. The van der Waals surface area contributed by atoms with E-state index in [0.29, 0.717) is 10.7 Å². The molecule has 1 unspecified atom stereocenters. The molecule has 3 rings (SSSR count). The number of nitrogens with zero attached hydrogens (tertiary/aromatic N) is 1. The third-order valence-corrected chi connectivity index (χ3v) is 4.55. The quantitative estimate of drug-likeness (QED) is 0.865. The Hall–Kier alpha value is -1.26. The van der Waals surface area contributed by atoms with Crippen molar-refractivity contribution in [1.82, 2.24) is 10.3 Å². The number of hydrogen-bond donors (Lipinski definition) is 1. The van der Waals surface area contributed by atoms with E-state index in [9.17, 15) is 4.79 Å². The first-order valence-electron chi connectivity index (χ1n) is 6.18. The number of hydrogen-bond acceptors (Lipinski definition) is 3. The van der Waals surface area contributed by atoms with Crippen molar-refractivity contribution in [1.29, 1.82) is 0 Å². The average molecular weight is 293 g/mol. The highest BCUT2D eigenvalue weighted by Gasteiger charge is 2.20. The van der Waals surface area contributed by atoms with Gasteiger partial charge in [0.15, 0.2) is 0 Å². The van der Waals surface area contributed by atoms with Crippen molar-refractivity contribution in [3.05, 3.63) is 41.0 Å². The number of carbonyl (C=O) groups excluding carboxylic acids is 1. The van der Waals surface area contributed by atoms with E-state index in [4.69, 9.17) is 11.6 Å². The molecule has 0 saturated carbocycles. The smallest absolute Gasteiger partial charge is 0.252 e. The molecule has 0 spiro atoms.